The summed E-state index contributed by atoms with van der Waals surface area (Å²) in [5, 5.41) is 5.55. The third kappa shape index (κ3) is 2.17. The molecule has 0 radical (unpaired) electrons. The Morgan fingerprint density at radius 2 is 2.67 bits per heavy atom. The Morgan fingerprint density at radius 1 is 1.83 bits per heavy atom. The lowest BCUT2D eigenvalue weighted by Gasteiger charge is -1.94. The van der Waals surface area contributed by atoms with Gasteiger partial charge in [-0.15, -0.1) is 11.3 Å². The first kappa shape index (κ1) is 8.93. The van der Waals surface area contributed by atoms with Gasteiger partial charge in [-0.05, 0) is 18.4 Å². The summed E-state index contributed by atoms with van der Waals surface area (Å²) in [4.78, 5) is 16.1. The van der Waals surface area contributed by atoms with Crippen molar-refractivity contribution < 1.29 is 9.63 Å². The van der Waals surface area contributed by atoms with Crippen LogP contribution in [0, 0.1) is 0 Å². The molecule has 0 bridgehead atoms. The number of oxime groups is 1. The summed E-state index contributed by atoms with van der Waals surface area (Å²) < 4.78 is 0. The Balaban J connectivity index is 2.76. The molecule has 0 atom stereocenters. The summed E-state index contributed by atoms with van der Waals surface area (Å²) in [7, 11) is 0. The zero-order valence-corrected chi connectivity index (χ0v) is 7.50. The molecule has 4 heteroatoms. The van der Waals surface area contributed by atoms with Crippen LogP contribution < -0.4 is 0 Å². The number of carbonyl (C=O) groups excluding carboxylic acids is 1. The molecule has 1 aromatic rings. The minimum atomic E-state index is 0.354. The topological polar surface area (TPSA) is 38.7 Å². The molecule has 1 heterocycles. The van der Waals surface area contributed by atoms with Crippen molar-refractivity contribution in [2.45, 2.75) is 6.92 Å². The van der Waals surface area contributed by atoms with Gasteiger partial charge in [0.1, 0.15) is 6.61 Å². The molecule has 0 aliphatic carbocycles. The first-order valence-corrected chi connectivity index (χ1v) is 4.45. The second-order valence-electron chi connectivity index (χ2n) is 1.99. The van der Waals surface area contributed by atoms with Gasteiger partial charge in [0.15, 0.2) is 12.0 Å². The van der Waals surface area contributed by atoms with Gasteiger partial charge in [-0.25, -0.2) is 0 Å². The minimum Gasteiger partial charge on any atom is -0.395 e. The molecule has 0 unspecified atom stereocenters. The van der Waals surface area contributed by atoms with Crippen LogP contribution in [-0.4, -0.2) is 18.6 Å². The highest BCUT2D eigenvalue weighted by Crippen LogP contribution is 2.08. The van der Waals surface area contributed by atoms with Gasteiger partial charge >= 0.3 is 0 Å². The fraction of sp³-hybridized carbons (Fsp3) is 0.250. The minimum absolute atomic E-state index is 0.354. The van der Waals surface area contributed by atoms with Gasteiger partial charge in [0.2, 0.25) is 0 Å². The van der Waals surface area contributed by atoms with Crippen LogP contribution in [0.2, 0.25) is 0 Å². The Morgan fingerprint density at radius 3 is 3.17 bits per heavy atom. The molecule has 0 aliphatic heterocycles. The lowest BCUT2D eigenvalue weighted by molar-refractivity contribution is -0.102. The molecule has 3 nitrogen and oxygen atoms in total. The molecule has 64 valence electrons. The van der Waals surface area contributed by atoms with Crippen molar-refractivity contribution in [3.63, 3.8) is 0 Å². The molecule has 0 N–H and O–H groups in total. The molecule has 0 saturated heterocycles. The van der Waals surface area contributed by atoms with E-state index in [0.29, 0.717) is 18.6 Å². The average Bonchev–Trinajstić information content (AvgIpc) is 2.59. The zero-order valence-electron chi connectivity index (χ0n) is 6.69. The van der Waals surface area contributed by atoms with Gasteiger partial charge in [0.05, 0.1) is 4.88 Å². The van der Waals surface area contributed by atoms with Gasteiger partial charge in [0, 0.05) is 0 Å². The summed E-state index contributed by atoms with van der Waals surface area (Å²) in [6.45, 7) is 2.29. The van der Waals surface area contributed by atoms with Gasteiger partial charge in [0.25, 0.3) is 0 Å². The number of carbonyl (C=O) groups is 1. The lowest BCUT2D eigenvalue weighted by Crippen LogP contribution is -2.00. The van der Waals surface area contributed by atoms with E-state index in [1.807, 2.05) is 24.4 Å². The van der Waals surface area contributed by atoms with Crippen LogP contribution in [0.1, 0.15) is 11.8 Å². The van der Waals surface area contributed by atoms with E-state index < -0.39 is 0 Å². The van der Waals surface area contributed by atoms with Crippen LogP contribution in [0.15, 0.2) is 22.7 Å². The van der Waals surface area contributed by atoms with E-state index in [2.05, 4.69) is 5.16 Å². The molecule has 1 rings (SSSR count). The largest absolute Gasteiger partial charge is 0.395 e. The smallest absolute Gasteiger partial charge is 0.173 e. The average molecular weight is 183 g/mol. The number of thiophene rings is 1. The molecule has 12 heavy (non-hydrogen) atoms. The lowest BCUT2D eigenvalue weighted by atomic mass is 10.3. The summed E-state index contributed by atoms with van der Waals surface area (Å²) >= 11 is 1.46. The zero-order chi connectivity index (χ0) is 8.81. The second kappa shape index (κ2) is 4.66. The van der Waals surface area contributed by atoms with E-state index in [9.17, 15) is 4.79 Å². The number of hydrogen-bond acceptors (Lipinski definition) is 4. The van der Waals surface area contributed by atoms with Crippen LogP contribution in [0.4, 0.5) is 0 Å². The fourth-order valence-corrected chi connectivity index (χ4v) is 1.35. The maximum Gasteiger partial charge on any atom is 0.173 e. The highest BCUT2D eigenvalue weighted by molar-refractivity contribution is 7.12. The van der Waals surface area contributed by atoms with E-state index in [-0.39, 0.29) is 0 Å². The van der Waals surface area contributed by atoms with Crippen molar-refractivity contribution in [1.29, 1.82) is 0 Å². The Bertz CT molecular complexity index is 267. The van der Waals surface area contributed by atoms with Crippen molar-refractivity contribution in [2.24, 2.45) is 5.16 Å². The number of rotatable bonds is 4. The summed E-state index contributed by atoms with van der Waals surface area (Å²) in [5.41, 5.74) is 0.354. The van der Waals surface area contributed by atoms with Crippen molar-refractivity contribution in [3.05, 3.63) is 22.4 Å². The van der Waals surface area contributed by atoms with Gasteiger partial charge < -0.3 is 4.84 Å². The molecule has 0 amide bonds. The van der Waals surface area contributed by atoms with E-state index >= 15 is 0 Å². The van der Waals surface area contributed by atoms with Crippen LogP contribution in [0.5, 0.6) is 0 Å². The van der Waals surface area contributed by atoms with Crippen LogP contribution in [0.25, 0.3) is 0 Å². The van der Waals surface area contributed by atoms with E-state index in [4.69, 9.17) is 4.84 Å². The molecule has 1 aromatic heterocycles. The van der Waals surface area contributed by atoms with Crippen LogP contribution in [0.3, 0.4) is 0 Å². The van der Waals surface area contributed by atoms with Crippen LogP contribution >= 0.6 is 11.3 Å². The molecular formula is C8H9NO2S. The van der Waals surface area contributed by atoms with E-state index in [0.717, 1.165) is 4.88 Å². The van der Waals surface area contributed by atoms with Crippen molar-refractivity contribution in [2.75, 3.05) is 6.61 Å². The van der Waals surface area contributed by atoms with Crippen molar-refractivity contribution >= 4 is 23.3 Å². The number of aldehydes is 1. The SMILES string of the molecule is CCO/N=C(\C=O)c1cccs1. The molecular weight excluding hydrogens is 174 g/mol. The molecule has 0 saturated carbocycles. The monoisotopic (exact) mass is 183 g/mol. The Labute approximate surface area is 74.7 Å². The highest BCUT2D eigenvalue weighted by atomic mass is 32.1. The first-order valence-electron chi connectivity index (χ1n) is 3.57. The third-order valence-electron chi connectivity index (χ3n) is 1.18. The fourth-order valence-electron chi connectivity index (χ4n) is 0.683. The van der Waals surface area contributed by atoms with Gasteiger partial charge in [-0.3, -0.25) is 4.79 Å². The number of nitrogens with zero attached hydrogens (tertiary/aromatic N) is 1. The quantitative estimate of drug-likeness (QED) is 0.405. The van der Waals surface area contributed by atoms with Gasteiger partial charge in [-0.1, -0.05) is 11.2 Å². The maximum atomic E-state index is 10.5. The Hall–Kier alpha value is -1.16. The molecule has 0 spiro atoms. The van der Waals surface area contributed by atoms with E-state index in [1.165, 1.54) is 11.3 Å². The van der Waals surface area contributed by atoms with E-state index in [1.54, 1.807) is 0 Å². The molecule has 0 aromatic carbocycles. The molecule has 0 aliphatic rings. The van der Waals surface area contributed by atoms with Crippen molar-refractivity contribution in [3.8, 4) is 0 Å². The highest BCUT2D eigenvalue weighted by Gasteiger charge is 2.02. The first-order chi connectivity index (χ1) is 5.88. The third-order valence-corrected chi connectivity index (χ3v) is 2.07. The van der Waals surface area contributed by atoms with Crippen LogP contribution in [-0.2, 0) is 9.63 Å². The predicted molar refractivity (Wildman–Crippen MR) is 48.5 cm³/mol. The standard InChI is InChI=1S/C8H9NO2S/c1-2-11-9-7(6-10)8-4-3-5-12-8/h3-6H,2H2,1H3/b9-7+. The normalized spacial score (nSPS) is 11.2. The number of hydrogen-bond donors (Lipinski definition) is 0. The summed E-state index contributed by atoms with van der Waals surface area (Å²) in [6, 6.07) is 3.70. The second-order valence-corrected chi connectivity index (χ2v) is 2.94. The summed E-state index contributed by atoms with van der Waals surface area (Å²) in [5.74, 6) is 0. The predicted octanol–water partition coefficient (Wildman–Crippen LogP) is 1.69. The van der Waals surface area contributed by atoms with Crippen molar-refractivity contribution in [1.82, 2.24) is 0 Å². The van der Waals surface area contributed by atoms with Gasteiger partial charge in [-0.2, -0.15) is 0 Å². The molecule has 0 fully saturated rings. The Kier molecular flexibility index (Phi) is 3.47. The summed E-state index contributed by atoms with van der Waals surface area (Å²) in [6.07, 6.45) is 0.696. The maximum absolute atomic E-state index is 10.5.